The molecule has 3 heterocycles. The van der Waals surface area contributed by atoms with E-state index in [9.17, 15) is 14.4 Å². The van der Waals surface area contributed by atoms with Gasteiger partial charge in [0.25, 0.3) is 0 Å². The maximum atomic E-state index is 12.5. The van der Waals surface area contributed by atoms with Crippen LogP contribution in [-0.4, -0.2) is 28.2 Å². The molecule has 1 unspecified atom stereocenters. The van der Waals surface area contributed by atoms with Gasteiger partial charge in [-0.05, 0) is 49.8 Å². The van der Waals surface area contributed by atoms with Gasteiger partial charge in [-0.3, -0.25) is 24.6 Å². The van der Waals surface area contributed by atoms with Gasteiger partial charge in [0.2, 0.25) is 17.7 Å². The van der Waals surface area contributed by atoms with Crippen LogP contribution in [0.5, 0.6) is 0 Å². The number of pyridine rings is 1. The van der Waals surface area contributed by atoms with E-state index in [1.54, 1.807) is 6.20 Å². The molecule has 2 aliphatic heterocycles. The molecule has 1 atom stereocenters. The molecule has 6 nitrogen and oxygen atoms in total. The topological polar surface area (TPSA) is 79.4 Å². The van der Waals surface area contributed by atoms with Gasteiger partial charge in [-0.2, -0.15) is 0 Å². The van der Waals surface area contributed by atoms with E-state index in [-0.39, 0.29) is 23.3 Å². The van der Waals surface area contributed by atoms with Crippen molar-refractivity contribution in [3.05, 3.63) is 47.1 Å². The molecule has 7 heteroatoms. The van der Waals surface area contributed by atoms with Crippen molar-refractivity contribution in [3.8, 4) is 11.1 Å². The lowest BCUT2D eigenvalue weighted by Crippen LogP contribution is -2.51. The van der Waals surface area contributed by atoms with Gasteiger partial charge in [-0.1, -0.05) is 29.8 Å². The minimum atomic E-state index is -0.442. The van der Waals surface area contributed by atoms with Crippen LogP contribution in [0, 0.1) is 0 Å². The van der Waals surface area contributed by atoms with E-state index in [4.69, 9.17) is 11.6 Å². The zero-order valence-corrected chi connectivity index (χ0v) is 17.2. The Morgan fingerprint density at radius 1 is 1.07 bits per heavy atom. The van der Waals surface area contributed by atoms with Crippen LogP contribution in [0.4, 0.5) is 5.82 Å². The minimum Gasteiger partial charge on any atom is -0.296 e. The van der Waals surface area contributed by atoms with Crippen molar-refractivity contribution in [1.29, 1.82) is 0 Å². The molecule has 2 saturated heterocycles. The molecule has 2 aromatic rings. The Balaban J connectivity index is 1.45. The molecule has 1 spiro atoms. The van der Waals surface area contributed by atoms with Crippen LogP contribution >= 0.6 is 11.6 Å². The first kappa shape index (κ1) is 19.2. The van der Waals surface area contributed by atoms with Crippen LogP contribution in [0.25, 0.3) is 11.1 Å². The lowest BCUT2D eigenvalue weighted by molar-refractivity contribution is -0.134. The van der Waals surface area contributed by atoms with Crippen molar-refractivity contribution in [2.24, 2.45) is 0 Å². The molecule has 0 radical (unpaired) electrons. The summed E-state index contributed by atoms with van der Waals surface area (Å²) in [6.07, 6.45) is 7.23. The molecule has 154 valence electrons. The number of piperidine rings is 1. The first-order chi connectivity index (χ1) is 14.5. The lowest BCUT2D eigenvalue weighted by Gasteiger charge is -2.45. The molecule has 1 aliphatic carbocycles. The number of nitrogens with one attached hydrogen (secondary N) is 1. The number of benzene rings is 1. The molecule has 0 bridgehead atoms. The molecule has 3 amide bonds. The van der Waals surface area contributed by atoms with Crippen LogP contribution in [-0.2, 0) is 14.4 Å². The van der Waals surface area contributed by atoms with E-state index in [1.807, 2.05) is 35.2 Å². The van der Waals surface area contributed by atoms with Gasteiger partial charge in [0.15, 0.2) is 0 Å². The first-order valence-electron chi connectivity index (χ1n) is 10.4. The SMILES string of the molecule is O=C1CCC(c2cccc(-c3ccc(N4C(=O)CCC45CCC5)nc3)c2Cl)C(=O)N1. The Labute approximate surface area is 179 Å². The number of aromatic nitrogens is 1. The number of hydrogen-bond donors (Lipinski definition) is 1. The number of anilines is 1. The summed E-state index contributed by atoms with van der Waals surface area (Å²) in [6, 6.07) is 9.39. The highest BCUT2D eigenvalue weighted by atomic mass is 35.5. The Kier molecular flexibility index (Phi) is 4.62. The number of nitrogens with zero attached hydrogens (tertiary/aromatic N) is 2. The van der Waals surface area contributed by atoms with Gasteiger partial charge in [0, 0.05) is 35.7 Å². The monoisotopic (exact) mass is 423 g/mol. The average molecular weight is 424 g/mol. The standard InChI is InChI=1S/C23H22ClN3O3/c24-21-15(3-1-4-16(21)17-6-8-19(28)26-22(17)30)14-5-7-18(25-13-14)27-20(29)9-12-23(27)10-2-11-23/h1,3-5,7,13,17H,2,6,8-12H2,(H,26,28,30). The van der Waals surface area contributed by atoms with Crippen molar-refractivity contribution >= 4 is 35.1 Å². The van der Waals surface area contributed by atoms with Gasteiger partial charge in [-0.25, -0.2) is 4.98 Å². The highest BCUT2D eigenvalue weighted by molar-refractivity contribution is 6.34. The summed E-state index contributed by atoms with van der Waals surface area (Å²) in [5.41, 5.74) is 2.29. The summed E-state index contributed by atoms with van der Waals surface area (Å²) in [7, 11) is 0. The quantitative estimate of drug-likeness (QED) is 0.757. The normalized spacial score (nSPS) is 22.9. The third-order valence-corrected chi connectivity index (χ3v) is 7.17. The molecule has 1 aromatic carbocycles. The van der Waals surface area contributed by atoms with E-state index in [2.05, 4.69) is 10.3 Å². The smallest absolute Gasteiger partial charge is 0.234 e. The lowest BCUT2D eigenvalue weighted by atomic mass is 9.75. The second-order valence-electron chi connectivity index (χ2n) is 8.42. The van der Waals surface area contributed by atoms with E-state index in [0.29, 0.717) is 35.7 Å². The third-order valence-electron chi connectivity index (χ3n) is 6.74. The van der Waals surface area contributed by atoms with E-state index < -0.39 is 5.92 Å². The van der Waals surface area contributed by atoms with Gasteiger partial charge in [0.1, 0.15) is 5.82 Å². The molecular weight excluding hydrogens is 402 g/mol. The first-order valence-corrected chi connectivity index (χ1v) is 10.8. The molecule has 3 aliphatic rings. The van der Waals surface area contributed by atoms with Crippen LogP contribution in [0.2, 0.25) is 5.02 Å². The van der Waals surface area contributed by atoms with Crippen LogP contribution < -0.4 is 10.2 Å². The molecule has 30 heavy (non-hydrogen) atoms. The fourth-order valence-electron chi connectivity index (χ4n) is 4.97. The second kappa shape index (κ2) is 7.20. The number of carbonyl (C=O) groups is 3. The van der Waals surface area contributed by atoms with Gasteiger partial charge < -0.3 is 0 Å². The number of rotatable bonds is 3. The zero-order valence-electron chi connectivity index (χ0n) is 16.5. The average Bonchev–Trinajstić information content (AvgIpc) is 3.07. The highest BCUT2D eigenvalue weighted by Gasteiger charge is 2.50. The minimum absolute atomic E-state index is 0.0328. The Morgan fingerprint density at radius 3 is 2.57 bits per heavy atom. The van der Waals surface area contributed by atoms with E-state index in [1.165, 1.54) is 0 Å². The summed E-state index contributed by atoms with van der Waals surface area (Å²) in [4.78, 5) is 42.7. The van der Waals surface area contributed by atoms with Crippen molar-refractivity contribution < 1.29 is 14.4 Å². The van der Waals surface area contributed by atoms with Gasteiger partial charge >= 0.3 is 0 Å². The summed E-state index contributed by atoms with van der Waals surface area (Å²) in [5, 5.41) is 2.88. The second-order valence-corrected chi connectivity index (χ2v) is 8.80. The van der Waals surface area contributed by atoms with Crippen molar-refractivity contribution in [2.75, 3.05) is 4.90 Å². The molecule has 1 N–H and O–H groups in total. The zero-order chi connectivity index (χ0) is 20.9. The van der Waals surface area contributed by atoms with Crippen molar-refractivity contribution in [2.45, 2.75) is 56.4 Å². The van der Waals surface area contributed by atoms with Gasteiger partial charge in [0.05, 0.1) is 10.9 Å². The summed E-state index contributed by atoms with van der Waals surface area (Å²) < 4.78 is 0. The van der Waals surface area contributed by atoms with Crippen LogP contribution in [0.3, 0.4) is 0 Å². The Bertz CT molecular complexity index is 1050. The Hall–Kier alpha value is -2.73. The Morgan fingerprint density at radius 2 is 1.90 bits per heavy atom. The fourth-order valence-corrected chi connectivity index (χ4v) is 5.33. The molecule has 5 rings (SSSR count). The summed E-state index contributed by atoms with van der Waals surface area (Å²) >= 11 is 6.69. The van der Waals surface area contributed by atoms with E-state index in [0.717, 1.165) is 36.8 Å². The molecular formula is C23H22ClN3O3. The maximum absolute atomic E-state index is 12.5. The number of hydrogen-bond acceptors (Lipinski definition) is 4. The van der Waals surface area contributed by atoms with Crippen LogP contribution in [0.15, 0.2) is 36.5 Å². The maximum Gasteiger partial charge on any atom is 0.234 e. The van der Waals surface area contributed by atoms with Crippen molar-refractivity contribution in [3.63, 3.8) is 0 Å². The summed E-state index contributed by atoms with van der Waals surface area (Å²) in [5.74, 6) is -0.157. The molecule has 1 aromatic heterocycles. The van der Waals surface area contributed by atoms with Crippen molar-refractivity contribution in [1.82, 2.24) is 10.3 Å². The largest absolute Gasteiger partial charge is 0.296 e. The fraction of sp³-hybridized carbons (Fsp3) is 0.391. The number of amides is 3. The van der Waals surface area contributed by atoms with Gasteiger partial charge in [-0.15, -0.1) is 0 Å². The number of halogens is 1. The predicted octanol–water partition coefficient (Wildman–Crippen LogP) is 3.97. The summed E-state index contributed by atoms with van der Waals surface area (Å²) in [6.45, 7) is 0. The van der Waals surface area contributed by atoms with Crippen LogP contribution in [0.1, 0.15) is 56.4 Å². The third kappa shape index (κ3) is 3.01. The molecule has 3 fully saturated rings. The number of imide groups is 1. The predicted molar refractivity (Wildman–Crippen MR) is 113 cm³/mol. The van der Waals surface area contributed by atoms with E-state index >= 15 is 0 Å². The highest BCUT2D eigenvalue weighted by Crippen LogP contribution is 2.47. The number of carbonyl (C=O) groups excluding carboxylic acids is 3. The molecule has 1 saturated carbocycles.